The van der Waals surface area contributed by atoms with Crippen LogP contribution in [-0.2, 0) is 16.0 Å². The van der Waals surface area contributed by atoms with Gasteiger partial charge in [-0.25, -0.2) is 8.42 Å². The minimum absolute atomic E-state index is 0.00336. The molecule has 0 amide bonds. The van der Waals surface area contributed by atoms with Crippen LogP contribution in [0.1, 0.15) is 11.9 Å². The lowest BCUT2D eigenvalue weighted by atomic mass is 10.6. The van der Waals surface area contributed by atoms with Crippen molar-refractivity contribution in [3.8, 4) is 0 Å². The molecule has 0 aliphatic rings. The van der Waals surface area contributed by atoms with Gasteiger partial charge in [0.2, 0.25) is 19.2 Å². The monoisotopic (exact) mass is 294 g/mol. The van der Waals surface area contributed by atoms with Crippen LogP contribution in [0.4, 0.5) is 13.2 Å². The lowest BCUT2D eigenvalue weighted by Gasteiger charge is -2.04. The second-order valence-electron chi connectivity index (χ2n) is 2.88. The van der Waals surface area contributed by atoms with Crippen molar-refractivity contribution in [2.24, 2.45) is 0 Å². The number of halogens is 4. The molecule has 1 unspecified atom stereocenters. The Balaban J connectivity index is 3.13. The van der Waals surface area contributed by atoms with Crippen molar-refractivity contribution in [2.75, 3.05) is 5.88 Å². The van der Waals surface area contributed by atoms with Gasteiger partial charge in [-0.1, -0.05) is 11.3 Å². The van der Waals surface area contributed by atoms with Crippen molar-refractivity contribution in [2.45, 2.75) is 22.7 Å². The average Bonchev–Trinajstić information content (AvgIpc) is 2.64. The van der Waals surface area contributed by atoms with Gasteiger partial charge in [0.1, 0.15) is 0 Å². The van der Waals surface area contributed by atoms with E-state index in [9.17, 15) is 21.6 Å². The lowest BCUT2D eigenvalue weighted by Crippen LogP contribution is -2.19. The zero-order chi connectivity index (χ0) is 12.6. The highest BCUT2D eigenvalue weighted by Gasteiger charge is 2.38. The van der Waals surface area contributed by atoms with Crippen LogP contribution < -0.4 is 0 Å². The summed E-state index contributed by atoms with van der Waals surface area (Å²) in [5.41, 5.74) is 0. The van der Waals surface area contributed by atoms with E-state index in [4.69, 9.17) is 11.6 Å². The van der Waals surface area contributed by atoms with E-state index in [2.05, 4.69) is 10.2 Å². The summed E-state index contributed by atoms with van der Waals surface area (Å²) in [5.74, 6) is -0.219. The summed E-state index contributed by atoms with van der Waals surface area (Å²) in [6, 6.07) is 0. The van der Waals surface area contributed by atoms with Crippen LogP contribution in [0, 0.1) is 0 Å². The third kappa shape index (κ3) is 2.64. The molecule has 0 radical (unpaired) electrons. The van der Waals surface area contributed by atoms with Gasteiger partial charge in [-0.15, -0.1) is 21.8 Å². The minimum Gasteiger partial charge on any atom is -0.221 e. The van der Waals surface area contributed by atoms with E-state index in [1.54, 1.807) is 0 Å². The Kier molecular flexibility index (Phi) is 3.80. The second kappa shape index (κ2) is 4.46. The van der Waals surface area contributed by atoms with Gasteiger partial charge in [0, 0.05) is 5.88 Å². The average molecular weight is 295 g/mol. The van der Waals surface area contributed by atoms with Crippen LogP contribution >= 0.6 is 22.9 Å². The molecule has 0 aromatic carbocycles. The number of sulfone groups is 1. The van der Waals surface area contributed by atoms with Crippen molar-refractivity contribution in [1.29, 1.82) is 0 Å². The van der Waals surface area contributed by atoms with E-state index in [-0.39, 0.29) is 17.2 Å². The van der Waals surface area contributed by atoms with Crippen LogP contribution in [0.25, 0.3) is 0 Å². The first-order chi connectivity index (χ1) is 7.19. The van der Waals surface area contributed by atoms with Crippen molar-refractivity contribution in [3.63, 3.8) is 0 Å². The maximum absolute atomic E-state index is 12.2. The van der Waals surface area contributed by atoms with Gasteiger partial charge in [-0.2, -0.15) is 13.2 Å². The van der Waals surface area contributed by atoms with E-state index in [1.807, 2.05) is 0 Å². The fraction of sp³-hybridized carbons (Fsp3) is 0.667. The normalized spacial score (nSPS) is 15.1. The lowest BCUT2D eigenvalue weighted by molar-refractivity contribution is -0.138. The Labute approximate surface area is 98.4 Å². The van der Waals surface area contributed by atoms with Crippen molar-refractivity contribution < 1.29 is 21.6 Å². The number of hydrogen-bond donors (Lipinski definition) is 0. The van der Waals surface area contributed by atoms with E-state index >= 15 is 0 Å². The molecule has 0 bridgehead atoms. The first kappa shape index (κ1) is 13.7. The predicted molar refractivity (Wildman–Crippen MR) is 52.3 cm³/mol. The molecule has 1 heterocycles. The molecular weight excluding hydrogens is 289 g/mol. The number of rotatable bonds is 3. The molecule has 1 atom stereocenters. The van der Waals surface area contributed by atoms with Crippen LogP contribution in [-0.4, -0.2) is 29.7 Å². The van der Waals surface area contributed by atoms with E-state index < -0.39 is 30.6 Å². The topological polar surface area (TPSA) is 59.9 Å². The van der Waals surface area contributed by atoms with Gasteiger partial charge in [0.15, 0.2) is 0 Å². The summed E-state index contributed by atoms with van der Waals surface area (Å²) >= 11 is 5.33. The quantitative estimate of drug-likeness (QED) is 0.800. The molecule has 0 saturated heterocycles. The highest BCUT2D eigenvalue weighted by molar-refractivity contribution is 7.94. The van der Waals surface area contributed by atoms with Gasteiger partial charge in [-0.05, 0) is 6.92 Å². The fourth-order valence-corrected chi connectivity index (χ4v) is 3.50. The number of hydrogen-bond acceptors (Lipinski definition) is 5. The maximum atomic E-state index is 12.2. The summed E-state index contributed by atoms with van der Waals surface area (Å²) in [4.78, 5) is 0. The van der Waals surface area contributed by atoms with Crippen LogP contribution in [0.5, 0.6) is 0 Å². The molecule has 0 fully saturated rings. The molecule has 1 aromatic heterocycles. The Morgan fingerprint density at radius 3 is 2.38 bits per heavy atom. The summed E-state index contributed by atoms with van der Waals surface area (Å²) in [5, 5.41) is 3.54. The molecule has 10 heteroatoms. The van der Waals surface area contributed by atoms with Crippen molar-refractivity contribution in [1.82, 2.24) is 10.2 Å². The first-order valence-electron chi connectivity index (χ1n) is 3.90. The molecule has 4 nitrogen and oxygen atoms in total. The van der Waals surface area contributed by atoms with Gasteiger partial charge in [0.05, 0.1) is 5.25 Å². The molecule has 0 saturated carbocycles. The van der Waals surface area contributed by atoms with E-state index in [1.165, 1.54) is 6.92 Å². The fourth-order valence-electron chi connectivity index (χ4n) is 0.694. The molecule has 92 valence electrons. The van der Waals surface area contributed by atoms with Gasteiger partial charge in [0.25, 0.3) is 0 Å². The minimum atomic E-state index is -4.68. The summed E-state index contributed by atoms with van der Waals surface area (Å²) < 4.78 is 58.9. The predicted octanol–water partition coefficient (Wildman–Crippen LogP) is 1.96. The summed E-state index contributed by atoms with van der Waals surface area (Å²) in [7, 11) is -3.92. The van der Waals surface area contributed by atoms with E-state index in [0.29, 0.717) is 0 Å². The number of nitrogens with zero attached hydrogens (tertiary/aromatic N) is 2. The number of alkyl halides is 4. The Morgan fingerprint density at radius 1 is 1.44 bits per heavy atom. The molecule has 0 aliphatic heterocycles. The summed E-state index contributed by atoms with van der Waals surface area (Å²) in [6.45, 7) is 1.29. The molecule has 0 aliphatic carbocycles. The SMILES string of the molecule is CC(CCl)S(=O)(=O)c1nnc(C(F)(F)F)s1. The zero-order valence-corrected chi connectivity index (χ0v) is 10.2. The molecule has 1 rings (SSSR count). The number of aromatic nitrogens is 2. The Hall–Kier alpha value is -0.410. The Bertz CT molecular complexity index is 470. The first-order valence-corrected chi connectivity index (χ1v) is 6.80. The van der Waals surface area contributed by atoms with Gasteiger partial charge >= 0.3 is 6.18 Å². The maximum Gasteiger partial charge on any atom is 0.445 e. The highest BCUT2D eigenvalue weighted by atomic mass is 35.5. The molecule has 1 aromatic rings. The van der Waals surface area contributed by atoms with E-state index in [0.717, 1.165) is 0 Å². The molecule has 16 heavy (non-hydrogen) atoms. The van der Waals surface area contributed by atoms with Crippen LogP contribution in [0.3, 0.4) is 0 Å². The van der Waals surface area contributed by atoms with Crippen molar-refractivity contribution >= 4 is 32.8 Å². The Morgan fingerprint density at radius 2 is 2.00 bits per heavy atom. The third-order valence-corrected chi connectivity index (χ3v) is 5.79. The molecule has 0 spiro atoms. The summed E-state index contributed by atoms with van der Waals surface area (Å²) in [6.07, 6.45) is -4.68. The van der Waals surface area contributed by atoms with Crippen LogP contribution in [0.2, 0.25) is 0 Å². The molecule has 0 N–H and O–H groups in total. The largest absolute Gasteiger partial charge is 0.445 e. The van der Waals surface area contributed by atoms with Crippen molar-refractivity contribution in [3.05, 3.63) is 5.01 Å². The highest BCUT2D eigenvalue weighted by Crippen LogP contribution is 2.33. The smallest absolute Gasteiger partial charge is 0.221 e. The third-order valence-electron chi connectivity index (χ3n) is 1.64. The van der Waals surface area contributed by atoms with Gasteiger partial charge < -0.3 is 0 Å². The second-order valence-corrected chi connectivity index (χ2v) is 6.71. The van der Waals surface area contributed by atoms with Crippen LogP contribution in [0.15, 0.2) is 4.34 Å². The zero-order valence-electron chi connectivity index (χ0n) is 7.82. The van der Waals surface area contributed by atoms with Gasteiger partial charge in [-0.3, -0.25) is 0 Å². The standard InChI is InChI=1S/C6H6ClF3N2O2S2/c1-3(2-7)16(13,14)5-12-11-4(15-5)6(8,9)10/h3H,2H2,1H3. The molecular formula is C6H6ClF3N2O2S2.